The van der Waals surface area contributed by atoms with Gasteiger partial charge in [-0.25, -0.2) is 9.19 Å². The maximum atomic E-state index is 10.3. The third-order valence-corrected chi connectivity index (χ3v) is 2.77. The van der Waals surface area contributed by atoms with Crippen LogP contribution < -0.4 is 0 Å². The Kier molecular flexibility index (Phi) is 1.46. The molecule has 3 heteroatoms. The molecule has 0 amide bonds. The van der Waals surface area contributed by atoms with Crippen LogP contribution in [0.3, 0.4) is 0 Å². The van der Waals surface area contributed by atoms with Crippen LogP contribution in [0.25, 0.3) is 0 Å². The molecule has 0 aromatic heterocycles. The van der Waals surface area contributed by atoms with Crippen molar-refractivity contribution in [3.8, 4) is 0 Å². The van der Waals surface area contributed by atoms with E-state index in [4.69, 9.17) is 0 Å². The zero-order chi connectivity index (χ0) is 7.68. The smallest absolute Gasteiger partial charge is 0.183 e. The predicted molar refractivity (Wildman–Crippen MR) is 45.6 cm³/mol. The molecule has 1 atom stereocenters. The Morgan fingerprint density at radius 2 is 2.18 bits per heavy atom. The van der Waals surface area contributed by atoms with Crippen LogP contribution in [0.15, 0.2) is 33.6 Å². The highest BCUT2D eigenvalue weighted by Crippen LogP contribution is 2.33. The average molecular weight is 163 g/mol. The molecular weight excluding hydrogens is 158 g/mol. The third-order valence-electron chi connectivity index (χ3n) is 1.50. The maximum absolute atomic E-state index is 10.3. The van der Waals surface area contributed by atoms with E-state index in [0.717, 1.165) is 10.5 Å². The summed E-state index contributed by atoms with van der Waals surface area (Å²) in [5.41, 5.74) is 1.04. The van der Waals surface area contributed by atoms with Gasteiger partial charge < -0.3 is 0 Å². The molecule has 0 radical (unpaired) electrons. The van der Waals surface area contributed by atoms with Crippen molar-refractivity contribution in [2.24, 2.45) is 4.40 Å². The highest BCUT2D eigenvalue weighted by atomic mass is 32.2. The molecular formula is C8H5NOS. The van der Waals surface area contributed by atoms with Gasteiger partial charge in [-0.3, -0.25) is 0 Å². The Balaban J connectivity index is 2.72. The van der Waals surface area contributed by atoms with Gasteiger partial charge in [0.15, 0.2) is 5.23 Å². The zero-order valence-corrected chi connectivity index (χ0v) is 6.47. The summed E-state index contributed by atoms with van der Waals surface area (Å²) in [5, 5.41) is 1.90. The molecule has 0 spiro atoms. The lowest BCUT2D eigenvalue weighted by Gasteiger charge is -1.92. The van der Waals surface area contributed by atoms with E-state index in [-0.39, 0.29) is 0 Å². The van der Waals surface area contributed by atoms with Gasteiger partial charge in [0.25, 0.3) is 0 Å². The number of benzene rings is 1. The number of hydrogen-bond donors (Lipinski definition) is 0. The second kappa shape index (κ2) is 2.46. The molecule has 2 rings (SSSR count). The average Bonchev–Trinajstić information content (AvgIpc) is 2.47. The largest absolute Gasteiger partial charge is 0.224 e. The molecule has 0 N–H and O–H groups in total. The molecule has 0 bridgehead atoms. The van der Waals surface area contributed by atoms with Crippen LogP contribution in [0, 0.1) is 0 Å². The van der Waals surface area contributed by atoms with E-state index in [1.807, 2.05) is 29.5 Å². The van der Waals surface area contributed by atoms with Crippen LogP contribution in [-0.4, -0.2) is 11.4 Å². The van der Waals surface area contributed by atoms with E-state index in [1.165, 1.54) is 0 Å². The highest BCUT2D eigenvalue weighted by Gasteiger charge is 2.09. The van der Waals surface area contributed by atoms with Crippen LogP contribution >= 0.6 is 10.7 Å². The molecule has 0 saturated carbocycles. The van der Waals surface area contributed by atoms with Crippen molar-refractivity contribution >= 4 is 22.1 Å². The van der Waals surface area contributed by atoms with Crippen LogP contribution in [-0.2, 0) is 4.79 Å². The second-order valence-electron chi connectivity index (χ2n) is 2.14. The quantitative estimate of drug-likeness (QED) is 0.535. The van der Waals surface area contributed by atoms with Crippen molar-refractivity contribution in [2.75, 3.05) is 0 Å². The molecule has 0 saturated heterocycles. The van der Waals surface area contributed by atoms with E-state index in [2.05, 4.69) is 4.40 Å². The normalized spacial score (nSPS) is 19.5. The number of nitrogens with zero attached hydrogens (tertiary/aromatic N) is 1. The Morgan fingerprint density at radius 1 is 1.36 bits per heavy atom. The fourth-order valence-corrected chi connectivity index (χ4v) is 2.01. The van der Waals surface area contributed by atoms with Gasteiger partial charge in [-0.05, 0) is 6.07 Å². The van der Waals surface area contributed by atoms with Crippen molar-refractivity contribution in [3.63, 3.8) is 0 Å². The van der Waals surface area contributed by atoms with E-state index in [1.54, 1.807) is 6.21 Å². The summed E-state index contributed by atoms with van der Waals surface area (Å²) < 4.78 is 4.00. The van der Waals surface area contributed by atoms with E-state index < -0.39 is 10.7 Å². The Labute approximate surface area is 66.6 Å². The van der Waals surface area contributed by atoms with Gasteiger partial charge >= 0.3 is 0 Å². The van der Waals surface area contributed by atoms with Crippen LogP contribution in [0.4, 0.5) is 0 Å². The van der Waals surface area contributed by atoms with Crippen LogP contribution in [0.1, 0.15) is 5.56 Å². The van der Waals surface area contributed by atoms with Gasteiger partial charge in [-0.15, -0.1) is 0 Å². The lowest BCUT2D eigenvalue weighted by Crippen LogP contribution is -1.76. The van der Waals surface area contributed by atoms with Crippen molar-refractivity contribution in [3.05, 3.63) is 29.8 Å². The molecule has 1 heterocycles. The zero-order valence-electron chi connectivity index (χ0n) is 5.65. The van der Waals surface area contributed by atoms with E-state index in [9.17, 15) is 4.79 Å². The Bertz CT molecular complexity index is 377. The number of carbonyl (C=O) groups excluding carboxylic acids is 1. The van der Waals surface area contributed by atoms with Crippen molar-refractivity contribution < 1.29 is 4.79 Å². The molecule has 0 aliphatic carbocycles. The first-order valence-electron chi connectivity index (χ1n) is 3.17. The van der Waals surface area contributed by atoms with E-state index >= 15 is 0 Å². The summed E-state index contributed by atoms with van der Waals surface area (Å²) in [5.74, 6) is 0. The summed E-state index contributed by atoms with van der Waals surface area (Å²) >= 11 is 0. The highest BCUT2D eigenvalue weighted by molar-refractivity contribution is 8.13. The van der Waals surface area contributed by atoms with Crippen molar-refractivity contribution in [1.29, 1.82) is 0 Å². The summed E-state index contributed by atoms with van der Waals surface area (Å²) in [6.07, 6.45) is 1.73. The summed E-state index contributed by atoms with van der Waals surface area (Å²) in [6.45, 7) is 0. The van der Waals surface area contributed by atoms with Crippen molar-refractivity contribution in [2.45, 2.75) is 4.90 Å². The molecule has 54 valence electrons. The van der Waals surface area contributed by atoms with Crippen LogP contribution in [0.2, 0.25) is 0 Å². The first kappa shape index (κ1) is 6.53. The minimum Gasteiger partial charge on any atom is -0.224 e. The summed E-state index contributed by atoms with van der Waals surface area (Å²) in [6, 6.07) is 7.70. The minimum absolute atomic E-state index is 0.645. The minimum atomic E-state index is -0.645. The SMILES string of the molecule is O=C=S1N=Cc2ccccc21. The molecule has 2 nitrogen and oxygen atoms in total. The molecule has 0 fully saturated rings. The third kappa shape index (κ3) is 0.946. The van der Waals surface area contributed by atoms with Gasteiger partial charge in [-0.2, -0.15) is 0 Å². The molecule has 1 aliphatic rings. The van der Waals surface area contributed by atoms with Gasteiger partial charge in [0.1, 0.15) is 0 Å². The topological polar surface area (TPSA) is 29.4 Å². The lowest BCUT2D eigenvalue weighted by atomic mass is 10.2. The summed E-state index contributed by atoms with van der Waals surface area (Å²) in [7, 11) is -0.645. The Hall–Kier alpha value is -1.18. The standard InChI is InChI=1S/C8H5NOS/c10-6-11-8-4-2-1-3-7(8)5-9-11/h1-5H. The number of hydrogen-bond acceptors (Lipinski definition) is 2. The predicted octanol–water partition coefficient (Wildman–Crippen LogP) is 1.73. The Morgan fingerprint density at radius 3 is 3.00 bits per heavy atom. The molecule has 1 unspecified atom stereocenters. The van der Waals surface area contributed by atoms with E-state index in [0.29, 0.717) is 0 Å². The molecule has 11 heavy (non-hydrogen) atoms. The van der Waals surface area contributed by atoms with Gasteiger partial charge in [0.05, 0.1) is 0 Å². The van der Waals surface area contributed by atoms with Gasteiger partial charge in [0, 0.05) is 27.3 Å². The second-order valence-corrected chi connectivity index (χ2v) is 3.53. The summed E-state index contributed by atoms with van der Waals surface area (Å²) in [4.78, 5) is 11.3. The van der Waals surface area contributed by atoms with Crippen LogP contribution in [0.5, 0.6) is 0 Å². The first-order valence-corrected chi connectivity index (χ1v) is 4.35. The first-order chi connectivity index (χ1) is 5.42. The fraction of sp³-hybridized carbons (Fsp3) is 0. The number of rotatable bonds is 0. The van der Waals surface area contributed by atoms with Gasteiger partial charge in [-0.1, -0.05) is 18.2 Å². The molecule has 1 aromatic carbocycles. The molecule has 1 aliphatic heterocycles. The monoisotopic (exact) mass is 163 g/mol. The fourth-order valence-electron chi connectivity index (χ4n) is 0.996. The number of fused-ring (bicyclic) bond motifs is 1. The van der Waals surface area contributed by atoms with Gasteiger partial charge in [0.2, 0.25) is 0 Å². The lowest BCUT2D eigenvalue weighted by molar-refractivity contribution is 0.572. The van der Waals surface area contributed by atoms with Crippen molar-refractivity contribution in [1.82, 2.24) is 0 Å². The molecule has 1 aromatic rings. The maximum Gasteiger partial charge on any atom is 0.183 e.